The molecule has 4 aliphatic rings. The van der Waals surface area contributed by atoms with Gasteiger partial charge in [0, 0.05) is 51.7 Å². The number of anilines is 3. The Bertz CT molecular complexity index is 1360. The molecule has 2 saturated heterocycles. The van der Waals surface area contributed by atoms with Crippen molar-refractivity contribution in [1.82, 2.24) is 24.6 Å². The third-order valence-corrected chi connectivity index (χ3v) is 10.6. The Morgan fingerprint density at radius 2 is 1.60 bits per heavy atom. The molecule has 2 aromatic heterocycles. The maximum absolute atomic E-state index is 15.8. The van der Waals surface area contributed by atoms with Crippen LogP contribution in [0, 0.1) is 18.7 Å². The van der Waals surface area contributed by atoms with Crippen LogP contribution in [-0.2, 0) is 10.3 Å². The highest BCUT2D eigenvalue weighted by Crippen LogP contribution is 2.43. The van der Waals surface area contributed by atoms with E-state index in [0.717, 1.165) is 70.9 Å². The van der Waals surface area contributed by atoms with Crippen molar-refractivity contribution in [2.45, 2.75) is 89.3 Å². The number of hydrogen-bond donors (Lipinski definition) is 2. The number of nitrogens with one attached hydrogen (secondary N) is 2. The van der Waals surface area contributed by atoms with Crippen molar-refractivity contribution in [3.63, 3.8) is 0 Å². The van der Waals surface area contributed by atoms with Gasteiger partial charge >= 0.3 is 0 Å². The summed E-state index contributed by atoms with van der Waals surface area (Å²) in [7, 11) is 2.07. The van der Waals surface area contributed by atoms with Crippen LogP contribution < -0.4 is 15.5 Å². The van der Waals surface area contributed by atoms with Crippen LogP contribution >= 0.6 is 0 Å². The fraction of sp³-hybridized carbons (Fsp3) is 0.697. The second kappa shape index (κ2) is 13.6. The fourth-order valence-corrected chi connectivity index (χ4v) is 7.85. The highest BCUT2D eigenvalue weighted by molar-refractivity contribution is 6.09. The summed E-state index contributed by atoms with van der Waals surface area (Å²) < 4.78 is 33.0. The number of amides is 2. The molecule has 0 radical (unpaired) electrons. The molecule has 1 atom stereocenters. The highest BCUT2D eigenvalue weighted by atomic mass is 19.1. The lowest BCUT2D eigenvalue weighted by molar-refractivity contribution is -0.137. The van der Waals surface area contributed by atoms with Gasteiger partial charge in [-0.2, -0.15) is 5.10 Å². The third kappa shape index (κ3) is 6.39. The topological polar surface area (TPSA) is 98.6 Å². The van der Waals surface area contributed by atoms with Gasteiger partial charge in [-0.1, -0.05) is 44.9 Å². The number of carbonyl (C=O) groups excluding carboxylic acids is 2. The number of pyridine rings is 1. The predicted molar refractivity (Wildman–Crippen MR) is 171 cm³/mol. The molecule has 246 valence electrons. The zero-order valence-electron chi connectivity index (χ0n) is 26.8. The van der Waals surface area contributed by atoms with E-state index in [4.69, 9.17) is 5.10 Å². The molecule has 1 saturated carbocycles. The number of halogens is 2. The van der Waals surface area contributed by atoms with Gasteiger partial charge in [-0.3, -0.25) is 14.6 Å². The Balaban J connectivity index is 1.20. The minimum Gasteiger partial charge on any atom is -0.367 e. The number of hydrogen-bond acceptors (Lipinski definition) is 7. The maximum atomic E-state index is 15.8. The molecule has 0 bridgehead atoms. The molecule has 1 spiro atoms. The number of likely N-dealkylation sites (N-methyl/N-ethyl adjacent to an activating group) is 1. The van der Waals surface area contributed by atoms with E-state index in [9.17, 15) is 9.59 Å². The fourth-order valence-electron chi connectivity index (χ4n) is 7.85. The van der Waals surface area contributed by atoms with Crippen LogP contribution in [0.15, 0.2) is 12.4 Å². The number of piperazine rings is 1. The monoisotopic (exact) mass is 626 g/mol. The van der Waals surface area contributed by atoms with E-state index in [-0.39, 0.29) is 29.7 Å². The number of alkyl halides is 1. The van der Waals surface area contributed by atoms with E-state index in [1.54, 1.807) is 11.6 Å². The zero-order chi connectivity index (χ0) is 31.6. The first-order valence-electron chi connectivity index (χ1n) is 16.9. The Hall–Kier alpha value is -3.28. The van der Waals surface area contributed by atoms with Crippen LogP contribution in [0.2, 0.25) is 0 Å². The number of aromatic nitrogens is 3. The van der Waals surface area contributed by atoms with E-state index < -0.39 is 23.4 Å². The number of piperidine rings is 1. The summed E-state index contributed by atoms with van der Waals surface area (Å²) in [6.07, 6.45) is 11.7. The second-order valence-corrected chi connectivity index (χ2v) is 13.5. The lowest BCUT2D eigenvalue weighted by Gasteiger charge is -2.42. The number of fused-ring (bicyclic) bond motifs is 2. The highest BCUT2D eigenvalue weighted by Gasteiger charge is 2.47. The first-order valence-corrected chi connectivity index (χ1v) is 16.9. The summed E-state index contributed by atoms with van der Waals surface area (Å²) in [6.45, 7) is 6.13. The molecule has 3 aliphatic heterocycles. The zero-order valence-corrected chi connectivity index (χ0v) is 26.8. The largest absolute Gasteiger partial charge is 0.367 e. The molecule has 6 rings (SSSR count). The van der Waals surface area contributed by atoms with E-state index in [1.165, 1.54) is 12.6 Å². The van der Waals surface area contributed by atoms with Gasteiger partial charge in [-0.15, -0.1) is 0 Å². The van der Waals surface area contributed by atoms with Crippen molar-refractivity contribution in [1.29, 1.82) is 0 Å². The Morgan fingerprint density at radius 1 is 0.956 bits per heavy atom. The molecule has 3 fully saturated rings. The average molecular weight is 627 g/mol. The van der Waals surface area contributed by atoms with Gasteiger partial charge in [0.05, 0.1) is 29.3 Å². The molecule has 2 amide bonds. The standard InChI is InChI=1S/C33H48F2N8O2/c1-23-28(30-37-22-27(35)33(43(30)39-23)12-8-6-4-3-5-7-9-13-33)31(44)38-26-21-36-20-25(34)29(26)41-14-10-24(11-15-41)32(45)42-18-16-40(2)17-19-42/h20-21,24,27,37H,3-19,22H2,1-2H3,(H,38,44). The van der Waals surface area contributed by atoms with Crippen molar-refractivity contribution in [2.24, 2.45) is 5.92 Å². The van der Waals surface area contributed by atoms with Crippen LogP contribution in [0.3, 0.4) is 0 Å². The molecule has 45 heavy (non-hydrogen) atoms. The van der Waals surface area contributed by atoms with Gasteiger partial charge in [-0.05, 0) is 39.7 Å². The smallest absolute Gasteiger partial charge is 0.261 e. The van der Waals surface area contributed by atoms with E-state index in [0.29, 0.717) is 55.8 Å². The van der Waals surface area contributed by atoms with Crippen LogP contribution in [-0.4, -0.2) is 95.4 Å². The van der Waals surface area contributed by atoms with Crippen molar-refractivity contribution in [2.75, 3.05) is 68.4 Å². The summed E-state index contributed by atoms with van der Waals surface area (Å²) in [5, 5.41) is 10.9. The van der Waals surface area contributed by atoms with Gasteiger partial charge in [0.1, 0.15) is 23.2 Å². The lowest BCUT2D eigenvalue weighted by Crippen LogP contribution is -2.51. The Labute approximate surface area is 264 Å². The minimum atomic E-state index is -1.11. The van der Waals surface area contributed by atoms with Crippen LogP contribution in [0.25, 0.3) is 0 Å². The van der Waals surface area contributed by atoms with Gasteiger partial charge < -0.3 is 25.3 Å². The van der Waals surface area contributed by atoms with Crippen molar-refractivity contribution in [3.05, 3.63) is 29.5 Å². The quantitative estimate of drug-likeness (QED) is 0.496. The molecule has 1 aliphatic carbocycles. The van der Waals surface area contributed by atoms with Gasteiger partial charge in [0.2, 0.25) is 5.91 Å². The molecular formula is C33H48F2N8O2. The van der Waals surface area contributed by atoms with Gasteiger partial charge in [0.15, 0.2) is 5.82 Å². The second-order valence-electron chi connectivity index (χ2n) is 13.5. The molecule has 2 aromatic rings. The SMILES string of the molecule is Cc1nn2c(c1C(=O)Nc1cncc(F)c1N1CCC(C(=O)N3CCN(C)CC3)CC1)NCC(F)C21CCCCCCCCC1. The minimum absolute atomic E-state index is 0.0890. The summed E-state index contributed by atoms with van der Waals surface area (Å²) in [4.78, 5) is 37.2. The van der Waals surface area contributed by atoms with E-state index in [1.807, 2.05) is 9.80 Å². The summed E-state index contributed by atoms with van der Waals surface area (Å²) in [6, 6.07) is 0. The third-order valence-electron chi connectivity index (χ3n) is 10.6. The number of rotatable bonds is 4. The van der Waals surface area contributed by atoms with Crippen LogP contribution in [0.1, 0.15) is 86.7 Å². The van der Waals surface area contributed by atoms with Gasteiger partial charge in [0.25, 0.3) is 5.91 Å². The molecule has 0 aromatic carbocycles. The Morgan fingerprint density at radius 3 is 2.27 bits per heavy atom. The average Bonchev–Trinajstić information content (AvgIpc) is 3.39. The summed E-state index contributed by atoms with van der Waals surface area (Å²) in [5.41, 5.74) is 0.636. The first-order chi connectivity index (χ1) is 21.8. The molecule has 1 unspecified atom stereocenters. The van der Waals surface area contributed by atoms with E-state index in [2.05, 4.69) is 27.6 Å². The van der Waals surface area contributed by atoms with Crippen LogP contribution in [0.4, 0.5) is 26.0 Å². The number of carbonyl (C=O) groups is 2. The van der Waals surface area contributed by atoms with Crippen molar-refractivity contribution < 1.29 is 18.4 Å². The predicted octanol–water partition coefficient (Wildman–Crippen LogP) is 4.95. The molecular weight excluding hydrogens is 578 g/mol. The molecule has 10 nitrogen and oxygen atoms in total. The molecule has 12 heteroatoms. The van der Waals surface area contributed by atoms with Crippen molar-refractivity contribution >= 4 is 29.0 Å². The summed E-state index contributed by atoms with van der Waals surface area (Å²) in [5.74, 6) is -0.324. The van der Waals surface area contributed by atoms with Crippen molar-refractivity contribution in [3.8, 4) is 0 Å². The number of nitrogens with zero attached hydrogens (tertiary/aromatic N) is 6. The number of aryl methyl sites for hydroxylation is 1. The summed E-state index contributed by atoms with van der Waals surface area (Å²) >= 11 is 0. The normalized spacial score (nSPS) is 23.3. The molecule has 5 heterocycles. The van der Waals surface area contributed by atoms with Crippen LogP contribution in [0.5, 0.6) is 0 Å². The first kappa shape index (κ1) is 31.7. The van der Waals surface area contributed by atoms with E-state index >= 15 is 8.78 Å². The maximum Gasteiger partial charge on any atom is 0.261 e. The van der Waals surface area contributed by atoms with Gasteiger partial charge in [-0.25, -0.2) is 13.5 Å². The molecule has 2 N–H and O–H groups in total. The Kier molecular flexibility index (Phi) is 9.58. The lowest BCUT2D eigenvalue weighted by atomic mass is 9.80.